The molecule has 1 atom stereocenters. The van der Waals surface area contributed by atoms with Gasteiger partial charge in [0.1, 0.15) is 19.3 Å². The Labute approximate surface area is 177 Å². The molecule has 5 rings (SSSR count). The van der Waals surface area contributed by atoms with Crippen LogP contribution in [0.2, 0.25) is 0 Å². The van der Waals surface area contributed by atoms with E-state index in [2.05, 4.69) is 20.5 Å². The topological polar surface area (TPSA) is 113 Å². The molecule has 160 valence electrons. The second-order valence-electron chi connectivity index (χ2n) is 7.69. The summed E-state index contributed by atoms with van der Waals surface area (Å²) < 4.78 is 14.5. The van der Waals surface area contributed by atoms with Gasteiger partial charge in [0, 0.05) is 12.1 Å². The second kappa shape index (κ2) is 8.21. The number of rotatable bonds is 4. The number of ether oxygens (including phenoxy) is 2. The Morgan fingerprint density at radius 3 is 2.65 bits per heavy atom. The molecule has 10 heteroatoms. The maximum absolute atomic E-state index is 12.7. The van der Waals surface area contributed by atoms with Gasteiger partial charge < -0.3 is 14.8 Å². The van der Waals surface area contributed by atoms with Gasteiger partial charge in [-0.25, -0.2) is 14.3 Å². The maximum atomic E-state index is 12.7. The molecule has 1 aromatic carbocycles. The van der Waals surface area contributed by atoms with Crippen molar-refractivity contribution in [3.05, 3.63) is 59.4 Å². The lowest BCUT2D eigenvalue weighted by Gasteiger charge is -2.31. The highest BCUT2D eigenvalue weighted by Crippen LogP contribution is 2.31. The third-order valence-electron chi connectivity index (χ3n) is 5.65. The number of para-hydroxylation sites is 2. The first kappa shape index (κ1) is 19.3. The van der Waals surface area contributed by atoms with Gasteiger partial charge in [0.05, 0.1) is 6.04 Å². The minimum absolute atomic E-state index is 0.0229. The molecule has 1 fully saturated rings. The monoisotopic (exact) mass is 422 g/mol. The average molecular weight is 422 g/mol. The van der Waals surface area contributed by atoms with Crippen molar-refractivity contribution < 1.29 is 14.3 Å². The minimum atomic E-state index is -0.670. The van der Waals surface area contributed by atoms with Gasteiger partial charge in [-0.3, -0.25) is 9.59 Å². The molecule has 1 unspecified atom stereocenters. The van der Waals surface area contributed by atoms with Crippen LogP contribution in [0, 0.1) is 0 Å². The Hall–Kier alpha value is -3.69. The normalized spacial score (nSPS) is 22.6. The molecule has 0 spiro atoms. The third kappa shape index (κ3) is 4.00. The zero-order valence-corrected chi connectivity index (χ0v) is 16.8. The third-order valence-corrected chi connectivity index (χ3v) is 5.65. The highest BCUT2D eigenvalue weighted by molar-refractivity contribution is 5.82. The smallest absolute Gasteiger partial charge is 0.267 e. The van der Waals surface area contributed by atoms with Gasteiger partial charge in [-0.05, 0) is 43.9 Å². The van der Waals surface area contributed by atoms with Crippen molar-refractivity contribution in [2.24, 2.45) is 0 Å². The van der Waals surface area contributed by atoms with Gasteiger partial charge in [-0.2, -0.15) is 5.10 Å². The minimum Gasteiger partial charge on any atom is -0.485 e. The van der Waals surface area contributed by atoms with Crippen molar-refractivity contribution >= 4 is 5.91 Å². The van der Waals surface area contributed by atoms with Crippen LogP contribution in [0.25, 0.3) is 5.82 Å². The summed E-state index contributed by atoms with van der Waals surface area (Å²) in [6.07, 6.45) is 5.28. The molecule has 1 N–H and O–H groups in total. The van der Waals surface area contributed by atoms with E-state index in [4.69, 9.17) is 9.47 Å². The highest BCUT2D eigenvalue weighted by atomic mass is 16.6. The lowest BCUT2D eigenvalue weighted by molar-refractivity contribution is -0.131. The Balaban J connectivity index is 1.19. The van der Waals surface area contributed by atoms with Gasteiger partial charge in [0.15, 0.2) is 17.3 Å². The number of aromatic nitrogens is 5. The van der Waals surface area contributed by atoms with E-state index in [1.807, 2.05) is 18.2 Å². The number of amides is 1. The fourth-order valence-electron chi connectivity index (χ4n) is 4.03. The largest absolute Gasteiger partial charge is 0.485 e. The summed E-state index contributed by atoms with van der Waals surface area (Å²) >= 11 is 0. The van der Waals surface area contributed by atoms with Crippen molar-refractivity contribution in [3.8, 4) is 17.3 Å². The van der Waals surface area contributed by atoms with E-state index in [9.17, 15) is 9.59 Å². The van der Waals surface area contributed by atoms with E-state index in [1.54, 1.807) is 18.5 Å². The summed E-state index contributed by atoms with van der Waals surface area (Å²) in [4.78, 5) is 28.9. The fourth-order valence-corrected chi connectivity index (χ4v) is 4.03. The summed E-state index contributed by atoms with van der Waals surface area (Å²) in [5, 5.41) is 11.6. The van der Waals surface area contributed by atoms with Gasteiger partial charge in [-0.15, -0.1) is 5.10 Å². The molecule has 3 aromatic rings. The van der Waals surface area contributed by atoms with Crippen molar-refractivity contribution in [1.82, 2.24) is 29.9 Å². The van der Waals surface area contributed by atoms with E-state index in [0.717, 1.165) is 25.7 Å². The molecule has 0 radical (unpaired) electrons. The number of hydrogen-bond donors (Lipinski definition) is 1. The molecule has 3 heterocycles. The number of benzene rings is 1. The van der Waals surface area contributed by atoms with Crippen LogP contribution < -0.4 is 20.3 Å². The van der Waals surface area contributed by atoms with Crippen molar-refractivity contribution in [2.45, 2.75) is 43.9 Å². The second-order valence-corrected chi connectivity index (χ2v) is 7.69. The first-order valence-corrected chi connectivity index (χ1v) is 10.3. The van der Waals surface area contributed by atoms with Gasteiger partial charge in [0.2, 0.25) is 6.10 Å². The first-order valence-electron chi connectivity index (χ1n) is 10.3. The predicted molar refractivity (Wildman–Crippen MR) is 109 cm³/mol. The lowest BCUT2D eigenvalue weighted by atomic mass is 9.91. The molecular weight excluding hydrogens is 400 g/mol. The molecular formula is C21H22N6O4. The zero-order chi connectivity index (χ0) is 21.2. The van der Waals surface area contributed by atoms with Crippen LogP contribution in [0.3, 0.4) is 0 Å². The van der Waals surface area contributed by atoms with Crippen molar-refractivity contribution in [1.29, 1.82) is 0 Å². The summed E-state index contributed by atoms with van der Waals surface area (Å²) in [5.41, 5.74) is -0.150. The summed E-state index contributed by atoms with van der Waals surface area (Å²) in [5.74, 6) is 1.59. The Morgan fingerprint density at radius 2 is 1.87 bits per heavy atom. The van der Waals surface area contributed by atoms with Gasteiger partial charge in [0.25, 0.3) is 11.5 Å². The molecule has 2 aromatic heterocycles. The molecule has 1 saturated carbocycles. The SMILES string of the molecule is O=C(NC1CCC(n2nc(-n3cncn3)ccc2=O)CC1)C1COc2ccccc2O1. The fraction of sp³-hybridized carbons (Fsp3) is 0.381. The van der Waals surface area contributed by atoms with Crippen molar-refractivity contribution in [2.75, 3.05) is 6.61 Å². The Kier molecular flexibility index (Phi) is 5.11. The number of carbonyl (C=O) groups excluding carboxylic acids is 1. The number of nitrogens with one attached hydrogen (secondary N) is 1. The van der Waals surface area contributed by atoms with Crippen LogP contribution in [0.1, 0.15) is 31.7 Å². The average Bonchev–Trinajstić information content (AvgIpc) is 3.35. The number of hydrogen-bond acceptors (Lipinski definition) is 7. The number of nitrogens with zero attached hydrogens (tertiary/aromatic N) is 5. The predicted octanol–water partition coefficient (Wildman–Crippen LogP) is 1.26. The lowest BCUT2D eigenvalue weighted by Crippen LogP contribution is -2.48. The molecule has 31 heavy (non-hydrogen) atoms. The quantitative estimate of drug-likeness (QED) is 0.673. The number of carbonyl (C=O) groups is 1. The van der Waals surface area contributed by atoms with E-state index in [-0.39, 0.29) is 30.2 Å². The first-order chi connectivity index (χ1) is 15.2. The summed E-state index contributed by atoms with van der Waals surface area (Å²) in [6, 6.07) is 10.4. The molecule has 1 amide bonds. The summed E-state index contributed by atoms with van der Waals surface area (Å²) in [7, 11) is 0. The number of fused-ring (bicyclic) bond motifs is 1. The van der Waals surface area contributed by atoms with E-state index < -0.39 is 6.10 Å². The van der Waals surface area contributed by atoms with Crippen LogP contribution in [-0.4, -0.2) is 49.2 Å². The van der Waals surface area contributed by atoms with Crippen LogP contribution in [-0.2, 0) is 4.79 Å². The van der Waals surface area contributed by atoms with Gasteiger partial charge in [-0.1, -0.05) is 12.1 Å². The molecule has 10 nitrogen and oxygen atoms in total. The Morgan fingerprint density at radius 1 is 1.06 bits per heavy atom. The van der Waals surface area contributed by atoms with E-state index in [0.29, 0.717) is 17.3 Å². The maximum Gasteiger partial charge on any atom is 0.267 e. The standard InChI is InChI=1S/C21H22N6O4/c28-20-10-9-19(26-13-22-12-23-26)25-27(20)15-7-5-14(6-8-15)24-21(29)18-11-30-16-3-1-2-4-17(16)31-18/h1-4,9-10,12-15,18H,5-8,11H2,(H,24,29). The molecule has 1 aliphatic carbocycles. The summed E-state index contributed by atoms with van der Waals surface area (Å²) in [6.45, 7) is 0.187. The highest BCUT2D eigenvalue weighted by Gasteiger charge is 2.31. The molecule has 2 aliphatic rings. The Bertz CT molecular complexity index is 1120. The zero-order valence-electron chi connectivity index (χ0n) is 16.8. The van der Waals surface area contributed by atoms with Crippen LogP contribution in [0.4, 0.5) is 0 Å². The van der Waals surface area contributed by atoms with Gasteiger partial charge >= 0.3 is 0 Å². The van der Waals surface area contributed by atoms with E-state index in [1.165, 1.54) is 21.8 Å². The van der Waals surface area contributed by atoms with Crippen LogP contribution in [0.15, 0.2) is 53.8 Å². The van der Waals surface area contributed by atoms with Crippen molar-refractivity contribution in [3.63, 3.8) is 0 Å². The van der Waals surface area contributed by atoms with Crippen LogP contribution in [0.5, 0.6) is 11.5 Å². The van der Waals surface area contributed by atoms with Crippen LogP contribution >= 0.6 is 0 Å². The molecule has 0 bridgehead atoms. The molecule has 1 aliphatic heterocycles. The molecule has 0 saturated heterocycles. The van der Waals surface area contributed by atoms with E-state index >= 15 is 0 Å².